The van der Waals surface area contributed by atoms with Crippen molar-refractivity contribution in [2.45, 2.75) is 13.5 Å². The van der Waals surface area contributed by atoms with Gasteiger partial charge in [0.1, 0.15) is 6.54 Å². The summed E-state index contributed by atoms with van der Waals surface area (Å²) in [5.74, 6) is -0.374. The second kappa shape index (κ2) is 7.23. The molecule has 0 fully saturated rings. The van der Waals surface area contributed by atoms with E-state index >= 15 is 0 Å². The molecule has 0 aliphatic rings. The van der Waals surface area contributed by atoms with Crippen molar-refractivity contribution in [3.63, 3.8) is 0 Å². The minimum Gasteiger partial charge on any atom is -0.350 e. The van der Waals surface area contributed by atoms with Crippen molar-refractivity contribution in [1.29, 1.82) is 0 Å². The number of aromatic nitrogens is 1. The molecule has 0 aliphatic heterocycles. The molecule has 0 spiro atoms. The van der Waals surface area contributed by atoms with Crippen LogP contribution in [0.5, 0.6) is 0 Å². The smallest absolute Gasteiger partial charge is 0.241 e. The third kappa shape index (κ3) is 5.07. The van der Waals surface area contributed by atoms with E-state index in [9.17, 15) is 13.2 Å². The summed E-state index contributed by atoms with van der Waals surface area (Å²) in [5.41, 5.74) is 2.25. The highest BCUT2D eigenvalue weighted by atomic mass is 32.2. The van der Waals surface area contributed by atoms with Crippen LogP contribution in [0.2, 0.25) is 0 Å². The third-order valence-electron chi connectivity index (χ3n) is 3.19. The Balaban J connectivity index is 2.08. The van der Waals surface area contributed by atoms with Gasteiger partial charge in [-0.2, -0.15) is 0 Å². The van der Waals surface area contributed by atoms with Gasteiger partial charge >= 0.3 is 0 Å². The Morgan fingerprint density at radius 2 is 2.04 bits per heavy atom. The first-order valence-electron chi connectivity index (χ1n) is 7.06. The molecule has 0 atom stereocenters. The highest BCUT2D eigenvalue weighted by Crippen LogP contribution is 2.18. The highest BCUT2D eigenvalue weighted by Gasteiger charge is 2.20. The normalized spacial score (nSPS) is 11.0. The lowest BCUT2D eigenvalue weighted by molar-refractivity contribution is -0.119. The molecule has 1 aromatic carbocycles. The maximum atomic E-state index is 12.1. The number of sulfonamides is 1. The maximum absolute atomic E-state index is 12.1. The Labute approximate surface area is 136 Å². The standard InChI is InChI=1S/C16H19N3O3S/c1-13-5-3-7-15(9-13)19(23(2,21)22)12-16(20)18-11-14-6-4-8-17-10-14/h3-10H,11-12H2,1-2H3,(H,18,20). The molecule has 1 amide bonds. The van der Waals surface area contributed by atoms with E-state index in [1.165, 1.54) is 0 Å². The number of aryl methyl sites for hydroxylation is 1. The summed E-state index contributed by atoms with van der Waals surface area (Å²) in [6.45, 7) is 1.91. The summed E-state index contributed by atoms with van der Waals surface area (Å²) in [4.78, 5) is 16.1. The first-order valence-corrected chi connectivity index (χ1v) is 8.91. The number of carbonyl (C=O) groups excluding carboxylic acids is 1. The van der Waals surface area contributed by atoms with Gasteiger partial charge in [0.2, 0.25) is 15.9 Å². The highest BCUT2D eigenvalue weighted by molar-refractivity contribution is 7.92. The van der Waals surface area contributed by atoms with Crippen molar-refractivity contribution in [3.05, 3.63) is 59.9 Å². The van der Waals surface area contributed by atoms with Crippen LogP contribution in [-0.2, 0) is 21.4 Å². The van der Waals surface area contributed by atoms with E-state index in [1.54, 1.807) is 36.7 Å². The van der Waals surface area contributed by atoms with Gasteiger partial charge in [-0.05, 0) is 36.2 Å². The Morgan fingerprint density at radius 1 is 1.26 bits per heavy atom. The molecular formula is C16H19N3O3S. The monoisotopic (exact) mass is 333 g/mol. The van der Waals surface area contributed by atoms with Crippen LogP contribution < -0.4 is 9.62 Å². The quantitative estimate of drug-likeness (QED) is 0.868. The lowest BCUT2D eigenvalue weighted by Crippen LogP contribution is -2.40. The van der Waals surface area contributed by atoms with E-state index in [4.69, 9.17) is 0 Å². The van der Waals surface area contributed by atoms with Crippen LogP contribution in [0.4, 0.5) is 5.69 Å². The average Bonchev–Trinajstić information content (AvgIpc) is 2.50. The number of benzene rings is 1. The fourth-order valence-corrected chi connectivity index (χ4v) is 2.92. The number of hydrogen-bond donors (Lipinski definition) is 1. The maximum Gasteiger partial charge on any atom is 0.241 e. The number of rotatable bonds is 6. The Kier molecular flexibility index (Phi) is 5.33. The fraction of sp³-hybridized carbons (Fsp3) is 0.250. The van der Waals surface area contributed by atoms with Gasteiger partial charge in [-0.25, -0.2) is 8.42 Å². The summed E-state index contributed by atoms with van der Waals surface area (Å²) in [6.07, 6.45) is 4.38. The van der Waals surface area contributed by atoms with Gasteiger partial charge in [-0.1, -0.05) is 18.2 Å². The average molecular weight is 333 g/mol. The second-order valence-corrected chi connectivity index (χ2v) is 7.15. The van der Waals surface area contributed by atoms with Crippen LogP contribution in [0, 0.1) is 6.92 Å². The van der Waals surface area contributed by atoms with Crippen LogP contribution in [-0.4, -0.2) is 32.1 Å². The van der Waals surface area contributed by atoms with Crippen LogP contribution in [0.15, 0.2) is 48.8 Å². The number of hydrogen-bond acceptors (Lipinski definition) is 4. The van der Waals surface area contributed by atoms with E-state index in [1.807, 2.05) is 19.1 Å². The molecule has 1 N–H and O–H groups in total. The van der Waals surface area contributed by atoms with E-state index in [0.29, 0.717) is 12.2 Å². The molecule has 2 rings (SSSR count). The molecule has 6 nitrogen and oxygen atoms in total. The van der Waals surface area contributed by atoms with E-state index in [-0.39, 0.29) is 12.5 Å². The van der Waals surface area contributed by atoms with Crippen LogP contribution in [0.3, 0.4) is 0 Å². The molecule has 1 heterocycles. The Hall–Kier alpha value is -2.41. The van der Waals surface area contributed by atoms with Crippen molar-refractivity contribution < 1.29 is 13.2 Å². The Morgan fingerprint density at radius 3 is 2.65 bits per heavy atom. The van der Waals surface area contributed by atoms with Crippen LogP contribution in [0.25, 0.3) is 0 Å². The summed E-state index contributed by atoms with van der Waals surface area (Å²) < 4.78 is 25.1. The molecule has 0 aliphatic carbocycles. The zero-order valence-corrected chi connectivity index (χ0v) is 13.9. The topological polar surface area (TPSA) is 79.4 Å². The summed E-state index contributed by atoms with van der Waals surface area (Å²) >= 11 is 0. The molecule has 1 aromatic heterocycles. The van der Waals surface area contributed by atoms with E-state index < -0.39 is 10.0 Å². The number of anilines is 1. The fourth-order valence-electron chi connectivity index (χ4n) is 2.07. The van der Waals surface area contributed by atoms with Crippen molar-refractivity contribution >= 4 is 21.6 Å². The second-order valence-electron chi connectivity index (χ2n) is 5.25. The molecular weight excluding hydrogens is 314 g/mol. The van der Waals surface area contributed by atoms with Gasteiger partial charge in [-0.3, -0.25) is 14.1 Å². The van der Waals surface area contributed by atoms with Crippen LogP contribution in [0.1, 0.15) is 11.1 Å². The minimum atomic E-state index is -3.55. The predicted molar refractivity (Wildman–Crippen MR) is 89.5 cm³/mol. The number of nitrogens with one attached hydrogen (secondary N) is 1. The van der Waals surface area contributed by atoms with E-state index in [0.717, 1.165) is 21.7 Å². The van der Waals surface area contributed by atoms with Gasteiger partial charge in [0.05, 0.1) is 11.9 Å². The first-order chi connectivity index (χ1) is 10.9. The van der Waals surface area contributed by atoms with Gasteiger partial charge < -0.3 is 5.32 Å². The van der Waals surface area contributed by atoms with Crippen molar-refractivity contribution in [2.24, 2.45) is 0 Å². The minimum absolute atomic E-state index is 0.261. The van der Waals surface area contributed by atoms with Crippen molar-refractivity contribution in [3.8, 4) is 0 Å². The van der Waals surface area contributed by atoms with Crippen molar-refractivity contribution in [1.82, 2.24) is 10.3 Å². The zero-order chi connectivity index (χ0) is 16.9. The summed E-state index contributed by atoms with van der Waals surface area (Å²) in [5, 5.41) is 2.70. The predicted octanol–water partition coefficient (Wildman–Crippen LogP) is 1.47. The number of amides is 1. The van der Waals surface area contributed by atoms with E-state index in [2.05, 4.69) is 10.3 Å². The number of pyridine rings is 1. The molecule has 2 aromatic rings. The molecule has 7 heteroatoms. The summed E-state index contributed by atoms with van der Waals surface area (Å²) in [6, 6.07) is 10.6. The lowest BCUT2D eigenvalue weighted by atomic mass is 10.2. The Bertz CT molecular complexity index is 776. The SMILES string of the molecule is Cc1cccc(N(CC(=O)NCc2cccnc2)S(C)(=O)=O)c1. The molecule has 0 radical (unpaired) electrons. The molecule has 0 bridgehead atoms. The lowest BCUT2D eigenvalue weighted by Gasteiger charge is -2.22. The molecule has 0 saturated heterocycles. The first kappa shape index (κ1) is 17.0. The van der Waals surface area contributed by atoms with Crippen molar-refractivity contribution in [2.75, 3.05) is 17.1 Å². The molecule has 23 heavy (non-hydrogen) atoms. The van der Waals surface area contributed by atoms with Gasteiger partial charge in [0.25, 0.3) is 0 Å². The number of nitrogens with zero attached hydrogens (tertiary/aromatic N) is 2. The van der Waals surface area contributed by atoms with Gasteiger partial charge in [-0.15, -0.1) is 0 Å². The molecule has 0 unspecified atom stereocenters. The zero-order valence-electron chi connectivity index (χ0n) is 13.1. The largest absolute Gasteiger partial charge is 0.350 e. The van der Waals surface area contributed by atoms with Crippen LogP contribution >= 0.6 is 0 Å². The molecule has 122 valence electrons. The van der Waals surface area contributed by atoms with Gasteiger partial charge in [0, 0.05) is 18.9 Å². The van der Waals surface area contributed by atoms with Gasteiger partial charge in [0.15, 0.2) is 0 Å². The number of carbonyl (C=O) groups is 1. The summed E-state index contributed by atoms with van der Waals surface area (Å²) in [7, 11) is -3.55. The molecule has 0 saturated carbocycles. The third-order valence-corrected chi connectivity index (χ3v) is 4.33.